The van der Waals surface area contributed by atoms with Crippen LogP contribution in [0, 0.1) is 10.1 Å². The molecule has 0 aliphatic rings. The molecule has 1 aromatic carbocycles. The highest BCUT2D eigenvalue weighted by molar-refractivity contribution is 7.80. The van der Waals surface area contributed by atoms with E-state index in [1.54, 1.807) is 11.6 Å². The molecule has 0 saturated carbocycles. The van der Waals surface area contributed by atoms with Gasteiger partial charge in [0, 0.05) is 29.3 Å². The zero-order chi connectivity index (χ0) is 14.5. The van der Waals surface area contributed by atoms with Crippen molar-refractivity contribution in [2.24, 2.45) is 0 Å². The zero-order valence-electron chi connectivity index (χ0n) is 9.90. The number of hydrogen-bond donors (Lipinski definition) is 2. The molecule has 102 valence electrons. The number of nitro groups is 1. The number of non-ortho nitro benzene ring substituents is 1. The molecule has 0 spiro atoms. The lowest BCUT2D eigenvalue weighted by molar-refractivity contribution is -0.384. The van der Waals surface area contributed by atoms with Crippen molar-refractivity contribution < 1.29 is 9.72 Å². The average Bonchev–Trinajstić information content (AvgIpc) is 2.91. The summed E-state index contributed by atoms with van der Waals surface area (Å²) in [6, 6.07) is 5.23. The van der Waals surface area contributed by atoms with Gasteiger partial charge in [-0.3, -0.25) is 20.2 Å². The first-order valence-electron chi connectivity index (χ1n) is 5.32. The predicted octanol–water partition coefficient (Wildman–Crippen LogP) is 2.18. The molecule has 2 N–H and O–H groups in total. The third kappa shape index (κ3) is 3.56. The maximum absolute atomic E-state index is 11.8. The normalized spacial score (nSPS) is 9.80. The van der Waals surface area contributed by atoms with Gasteiger partial charge in [0.15, 0.2) is 10.2 Å². The Hall–Kier alpha value is -2.39. The largest absolute Gasteiger partial charge is 0.308 e. The molecular formula is C11H8N4O3S2. The molecule has 0 atom stereocenters. The van der Waals surface area contributed by atoms with Gasteiger partial charge >= 0.3 is 0 Å². The Balaban J connectivity index is 1.97. The molecular weight excluding hydrogens is 300 g/mol. The molecule has 7 nitrogen and oxygen atoms in total. The summed E-state index contributed by atoms with van der Waals surface area (Å²) in [7, 11) is 0. The third-order valence-corrected chi connectivity index (χ3v) is 3.11. The van der Waals surface area contributed by atoms with Crippen LogP contribution in [-0.4, -0.2) is 20.9 Å². The van der Waals surface area contributed by atoms with Crippen LogP contribution >= 0.6 is 23.6 Å². The number of carbonyl (C=O) groups excluding carboxylic acids is 1. The van der Waals surface area contributed by atoms with Gasteiger partial charge in [-0.1, -0.05) is 0 Å². The molecule has 0 aliphatic carbocycles. The second kappa shape index (κ2) is 6.17. The van der Waals surface area contributed by atoms with E-state index in [1.165, 1.54) is 35.6 Å². The molecule has 1 heterocycles. The molecule has 2 rings (SSSR count). The fraction of sp³-hybridized carbons (Fsp3) is 0. The predicted molar refractivity (Wildman–Crippen MR) is 78.9 cm³/mol. The molecule has 0 saturated heterocycles. The van der Waals surface area contributed by atoms with E-state index in [-0.39, 0.29) is 16.4 Å². The summed E-state index contributed by atoms with van der Waals surface area (Å²) in [6.07, 6.45) is 1.60. The van der Waals surface area contributed by atoms with E-state index in [0.29, 0.717) is 5.13 Å². The molecule has 0 aliphatic heterocycles. The fourth-order valence-electron chi connectivity index (χ4n) is 1.32. The van der Waals surface area contributed by atoms with Crippen molar-refractivity contribution >= 4 is 45.4 Å². The lowest BCUT2D eigenvalue weighted by Gasteiger charge is -2.06. The van der Waals surface area contributed by atoms with E-state index in [9.17, 15) is 14.9 Å². The highest BCUT2D eigenvalue weighted by Crippen LogP contribution is 2.12. The van der Waals surface area contributed by atoms with E-state index >= 15 is 0 Å². The number of hydrogen-bond acceptors (Lipinski definition) is 6. The van der Waals surface area contributed by atoms with Gasteiger partial charge in [0.1, 0.15) is 0 Å². The standard InChI is InChI=1S/C11H8N4O3S2/c16-9(7-1-3-8(4-2-7)15(17)18)13-10(19)14-11-12-5-6-20-11/h1-6H,(H2,12,13,14,16,19). The number of thiazole rings is 1. The summed E-state index contributed by atoms with van der Waals surface area (Å²) in [4.78, 5) is 25.8. The van der Waals surface area contributed by atoms with Crippen molar-refractivity contribution in [3.63, 3.8) is 0 Å². The van der Waals surface area contributed by atoms with Crippen molar-refractivity contribution in [1.29, 1.82) is 0 Å². The Kier molecular flexibility index (Phi) is 4.33. The van der Waals surface area contributed by atoms with Crippen molar-refractivity contribution in [2.75, 3.05) is 5.32 Å². The van der Waals surface area contributed by atoms with Gasteiger partial charge in [-0.2, -0.15) is 0 Å². The highest BCUT2D eigenvalue weighted by Gasteiger charge is 2.11. The molecule has 1 aromatic heterocycles. The molecule has 1 amide bonds. The summed E-state index contributed by atoms with van der Waals surface area (Å²) in [5.41, 5.74) is 0.198. The number of benzene rings is 1. The van der Waals surface area contributed by atoms with E-state index < -0.39 is 10.8 Å². The number of anilines is 1. The van der Waals surface area contributed by atoms with Crippen LogP contribution in [0.25, 0.3) is 0 Å². The Morgan fingerprint density at radius 3 is 2.60 bits per heavy atom. The first-order chi connectivity index (χ1) is 9.56. The summed E-state index contributed by atoms with van der Waals surface area (Å²) in [5.74, 6) is -0.450. The van der Waals surface area contributed by atoms with E-state index in [0.717, 1.165) is 0 Å². The topological polar surface area (TPSA) is 97.2 Å². The van der Waals surface area contributed by atoms with Crippen LogP contribution in [0.15, 0.2) is 35.8 Å². The SMILES string of the molecule is O=C(NC(=S)Nc1nccs1)c1ccc([N+](=O)[O-])cc1. The average molecular weight is 308 g/mol. The lowest BCUT2D eigenvalue weighted by Crippen LogP contribution is -2.34. The van der Waals surface area contributed by atoms with Gasteiger partial charge in [-0.25, -0.2) is 4.98 Å². The number of nitro benzene ring substituents is 1. The van der Waals surface area contributed by atoms with E-state index in [1.807, 2.05) is 0 Å². The van der Waals surface area contributed by atoms with Crippen LogP contribution in [-0.2, 0) is 0 Å². The van der Waals surface area contributed by atoms with Gasteiger partial charge in [0.05, 0.1) is 4.92 Å². The number of thiocarbonyl (C=S) groups is 1. The number of nitrogens with one attached hydrogen (secondary N) is 2. The maximum atomic E-state index is 11.8. The number of nitrogens with zero attached hydrogens (tertiary/aromatic N) is 2. The molecule has 2 aromatic rings. The molecule has 0 fully saturated rings. The van der Waals surface area contributed by atoms with Crippen molar-refractivity contribution in [3.8, 4) is 0 Å². The fourth-order valence-corrected chi connectivity index (χ4v) is 2.11. The second-order valence-electron chi connectivity index (χ2n) is 3.55. The Morgan fingerprint density at radius 1 is 1.35 bits per heavy atom. The van der Waals surface area contributed by atoms with E-state index in [4.69, 9.17) is 12.2 Å². The summed E-state index contributed by atoms with van der Waals surface area (Å²) < 4.78 is 0. The minimum atomic E-state index is -0.531. The van der Waals surface area contributed by atoms with Crippen LogP contribution in [0.2, 0.25) is 0 Å². The quantitative estimate of drug-likeness (QED) is 0.512. The van der Waals surface area contributed by atoms with Crippen LogP contribution in [0.1, 0.15) is 10.4 Å². The van der Waals surface area contributed by atoms with Gasteiger partial charge in [-0.15, -0.1) is 11.3 Å². The van der Waals surface area contributed by atoms with E-state index in [2.05, 4.69) is 15.6 Å². The van der Waals surface area contributed by atoms with Crippen LogP contribution in [0.4, 0.5) is 10.8 Å². The van der Waals surface area contributed by atoms with Crippen LogP contribution in [0.3, 0.4) is 0 Å². The van der Waals surface area contributed by atoms with Gasteiger partial charge in [0.25, 0.3) is 11.6 Å². The smallest absolute Gasteiger partial charge is 0.269 e. The molecule has 20 heavy (non-hydrogen) atoms. The van der Waals surface area contributed by atoms with Crippen molar-refractivity contribution in [1.82, 2.24) is 10.3 Å². The monoisotopic (exact) mass is 308 g/mol. The lowest BCUT2D eigenvalue weighted by atomic mass is 10.2. The number of amides is 1. The summed E-state index contributed by atoms with van der Waals surface area (Å²) in [6.45, 7) is 0. The Bertz CT molecular complexity index is 640. The second-order valence-corrected chi connectivity index (χ2v) is 4.85. The maximum Gasteiger partial charge on any atom is 0.269 e. The zero-order valence-corrected chi connectivity index (χ0v) is 11.5. The number of rotatable bonds is 3. The summed E-state index contributed by atoms with van der Waals surface area (Å²) in [5, 5.41) is 18.2. The Morgan fingerprint density at radius 2 is 2.05 bits per heavy atom. The molecule has 0 bridgehead atoms. The molecule has 0 unspecified atom stereocenters. The summed E-state index contributed by atoms with van der Waals surface area (Å²) >= 11 is 6.30. The Labute approximate surface area is 122 Å². The van der Waals surface area contributed by atoms with Gasteiger partial charge in [0.2, 0.25) is 0 Å². The first-order valence-corrected chi connectivity index (χ1v) is 6.61. The van der Waals surface area contributed by atoms with Crippen molar-refractivity contribution in [2.45, 2.75) is 0 Å². The van der Waals surface area contributed by atoms with Crippen LogP contribution < -0.4 is 10.6 Å². The molecule has 0 radical (unpaired) electrons. The first kappa shape index (κ1) is 14.0. The third-order valence-electron chi connectivity index (χ3n) is 2.22. The van der Waals surface area contributed by atoms with Gasteiger partial charge in [-0.05, 0) is 24.4 Å². The highest BCUT2D eigenvalue weighted by atomic mass is 32.1. The van der Waals surface area contributed by atoms with Crippen molar-refractivity contribution in [3.05, 3.63) is 51.5 Å². The minimum absolute atomic E-state index is 0.0787. The van der Waals surface area contributed by atoms with Gasteiger partial charge < -0.3 is 5.32 Å². The molecule has 9 heteroatoms. The number of carbonyl (C=O) groups is 1. The minimum Gasteiger partial charge on any atom is -0.308 e. The number of aromatic nitrogens is 1. The van der Waals surface area contributed by atoms with Crippen LogP contribution in [0.5, 0.6) is 0 Å².